The molecule has 0 saturated heterocycles. The Morgan fingerprint density at radius 2 is 1.61 bits per heavy atom. The number of carbonyl (C=O) groups is 1. The first kappa shape index (κ1) is 27.0. The molecule has 9 heteroatoms. The van der Waals surface area contributed by atoms with Crippen LogP contribution in [0.25, 0.3) is 0 Å². The lowest BCUT2D eigenvalue weighted by atomic mass is 10.1. The van der Waals surface area contributed by atoms with E-state index in [1.165, 1.54) is 23.5 Å². The van der Waals surface area contributed by atoms with Crippen LogP contribution in [-0.2, 0) is 21.4 Å². The molecular weight excluding hydrogens is 480 g/mol. The Bertz CT molecular complexity index is 1250. The van der Waals surface area contributed by atoms with Crippen molar-refractivity contribution in [3.63, 3.8) is 0 Å². The molecule has 1 unspecified atom stereocenters. The molecule has 192 valence electrons. The molecule has 0 aromatic heterocycles. The third kappa shape index (κ3) is 6.77. The van der Waals surface area contributed by atoms with Crippen LogP contribution in [0.5, 0.6) is 17.2 Å². The summed E-state index contributed by atoms with van der Waals surface area (Å²) in [5.41, 5.74) is 1.57. The predicted molar refractivity (Wildman–Crippen MR) is 138 cm³/mol. The van der Waals surface area contributed by atoms with Crippen LogP contribution in [0.4, 0.5) is 0 Å². The standard InChI is InChI=1S/C27H32N2O6S/c1-5-35-23-12-14-24(15-13-23)36(31,32)29(18-21-9-7-6-8-10-21)19-27(30)28-20(2)22-11-16-25(33-3)26(17-22)34-4/h6-17,20H,5,18-19H2,1-4H3,(H,28,30). The van der Waals surface area contributed by atoms with Gasteiger partial charge in [0.05, 0.1) is 38.3 Å². The molecule has 1 amide bonds. The van der Waals surface area contributed by atoms with Gasteiger partial charge in [0.25, 0.3) is 0 Å². The van der Waals surface area contributed by atoms with Gasteiger partial charge in [-0.15, -0.1) is 0 Å². The molecule has 0 aliphatic carbocycles. The number of hydrogen-bond acceptors (Lipinski definition) is 6. The van der Waals surface area contributed by atoms with Gasteiger partial charge in [-0.3, -0.25) is 4.79 Å². The molecule has 36 heavy (non-hydrogen) atoms. The van der Waals surface area contributed by atoms with Crippen LogP contribution in [0.15, 0.2) is 77.7 Å². The molecule has 0 fully saturated rings. The topological polar surface area (TPSA) is 94.2 Å². The van der Waals surface area contributed by atoms with Crippen LogP contribution in [0, 0.1) is 0 Å². The predicted octanol–water partition coefficient (Wildman–Crippen LogP) is 4.17. The van der Waals surface area contributed by atoms with Gasteiger partial charge in [0.2, 0.25) is 15.9 Å². The minimum absolute atomic E-state index is 0.0501. The number of nitrogens with one attached hydrogen (secondary N) is 1. The Hall–Kier alpha value is -3.56. The van der Waals surface area contributed by atoms with Gasteiger partial charge >= 0.3 is 0 Å². The van der Waals surface area contributed by atoms with Gasteiger partial charge in [-0.1, -0.05) is 36.4 Å². The fourth-order valence-electron chi connectivity index (χ4n) is 3.69. The van der Waals surface area contributed by atoms with E-state index in [0.717, 1.165) is 11.1 Å². The molecule has 0 aliphatic rings. The number of amides is 1. The van der Waals surface area contributed by atoms with Crippen molar-refractivity contribution in [1.29, 1.82) is 0 Å². The van der Waals surface area contributed by atoms with Gasteiger partial charge in [0.1, 0.15) is 5.75 Å². The van der Waals surface area contributed by atoms with E-state index in [4.69, 9.17) is 14.2 Å². The summed E-state index contributed by atoms with van der Waals surface area (Å²) in [6.45, 7) is 3.86. The van der Waals surface area contributed by atoms with Gasteiger partial charge < -0.3 is 19.5 Å². The highest BCUT2D eigenvalue weighted by Gasteiger charge is 2.27. The Labute approximate surface area is 212 Å². The lowest BCUT2D eigenvalue weighted by Crippen LogP contribution is -2.41. The number of benzene rings is 3. The van der Waals surface area contributed by atoms with Crippen LogP contribution in [0.2, 0.25) is 0 Å². The van der Waals surface area contributed by atoms with Gasteiger partial charge in [0.15, 0.2) is 11.5 Å². The molecule has 0 aliphatic heterocycles. The minimum Gasteiger partial charge on any atom is -0.494 e. The van der Waals surface area contributed by atoms with Crippen molar-refractivity contribution in [2.75, 3.05) is 27.4 Å². The van der Waals surface area contributed by atoms with Crippen molar-refractivity contribution < 1.29 is 27.4 Å². The zero-order chi connectivity index (χ0) is 26.1. The molecule has 3 aromatic carbocycles. The summed E-state index contributed by atoms with van der Waals surface area (Å²) in [4.78, 5) is 13.1. The number of hydrogen-bond donors (Lipinski definition) is 1. The summed E-state index contributed by atoms with van der Waals surface area (Å²) in [6.07, 6.45) is 0. The van der Waals surface area contributed by atoms with Gasteiger partial charge in [-0.25, -0.2) is 8.42 Å². The van der Waals surface area contributed by atoms with Crippen molar-refractivity contribution in [3.8, 4) is 17.2 Å². The highest BCUT2D eigenvalue weighted by atomic mass is 32.2. The second-order valence-electron chi connectivity index (χ2n) is 8.07. The average molecular weight is 513 g/mol. The maximum atomic E-state index is 13.5. The summed E-state index contributed by atoms with van der Waals surface area (Å²) < 4.78 is 44.3. The molecule has 0 heterocycles. The molecule has 1 N–H and O–H groups in total. The zero-order valence-electron chi connectivity index (χ0n) is 20.9. The van der Waals surface area contributed by atoms with E-state index in [2.05, 4.69) is 5.32 Å². The quantitative estimate of drug-likeness (QED) is 0.392. The van der Waals surface area contributed by atoms with Crippen LogP contribution in [-0.4, -0.2) is 46.0 Å². The van der Waals surface area contributed by atoms with Crippen molar-refractivity contribution in [2.24, 2.45) is 0 Å². The van der Waals surface area contributed by atoms with Crippen LogP contribution < -0.4 is 19.5 Å². The molecule has 8 nitrogen and oxygen atoms in total. The van der Waals surface area contributed by atoms with Crippen molar-refractivity contribution in [1.82, 2.24) is 9.62 Å². The smallest absolute Gasteiger partial charge is 0.243 e. The molecule has 0 bridgehead atoms. The Morgan fingerprint density at radius 3 is 2.22 bits per heavy atom. The van der Waals surface area contributed by atoms with E-state index in [0.29, 0.717) is 23.9 Å². The minimum atomic E-state index is -3.97. The number of carbonyl (C=O) groups excluding carboxylic acids is 1. The number of methoxy groups -OCH3 is 2. The van der Waals surface area contributed by atoms with E-state index >= 15 is 0 Å². The second kappa shape index (κ2) is 12.4. The lowest BCUT2D eigenvalue weighted by molar-refractivity contribution is -0.122. The molecule has 0 radical (unpaired) electrons. The second-order valence-corrected chi connectivity index (χ2v) is 10.0. The van der Waals surface area contributed by atoms with Crippen LogP contribution in [0.3, 0.4) is 0 Å². The van der Waals surface area contributed by atoms with Crippen molar-refractivity contribution in [2.45, 2.75) is 31.3 Å². The normalized spacial score (nSPS) is 12.1. The molecule has 0 saturated carbocycles. The first-order valence-electron chi connectivity index (χ1n) is 11.6. The zero-order valence-corrected chi connectivity index (χ0v) is 21.7. The summed E-state index contributed by atoms with van der Waals surface area (Å²) >= 11 is 0. The molecule has 3 rings (SSSR count). The summed E-state index contributed by atoms with van der Waals surface area (Å²) in [5, 5.41) is 2.89. The van der Waals surface area contributed by atoms with Crippen molar-refractivity contribution in [3.05, 3.63) is 83.9 Å². The van der Waals surface area contributed by atoms with E-state index < -0.39 is 15.9 Å². The Morgan fingerprint density at radius 1 is 0.944 bits per heavy atom. The maximum Gasteiger partial charge on any atom is 0.243 e. The van der Waals surface area contributed by atoms with Crippen LogP contribution >= 0.6 is 0 Å². The lowest BCUT2D eigenvalue weighted by Gasteiger charge is -2.23. The summed E-state index contributed by atoms with van der Waals surface area (Å²) in [7, 11) is -0.875. The van der Waals surface area contributed by atoms with E-state index in [-0.39, 0.29) is 24.0 Å². The average Bonchev–Trinajstić information content (AvgIpc) is 2.89. The largest absolute Gasteiger partial charge is 0.494 e. The summed E-state index contributed by atoms with van der Waals surface area (Å²) in [5.74, 6) is 1.27. The highest BCUT2D eigenvalue weighted by Crippen LogP contribution is 2.30. The molecule has 1 atom stereocenters. The molecule has 3 aromatic rings. The van der Waals surface area contributed by atoms with Gasteiger partial charge in [0, 0.05) is 6.54 Å². The monoisotopic (exact) mass is 512 g/mol. The van der Waals surface area contributed by atoms with Gasteiger partial charge in [-0.05, 0) is 61.4 Å². The number of sulfonamides is 1. The molecule has 0 spiro atoms. The SMILES string of the molecule is CCOc1ccc(S(=O)(=O)N(CC(=O)NC(C)c2ccc(OC)c(OC)c2)Cc2ccccc2)cc1. The summed E-state index contributed by atoms with van der Waals surface area (Å²) in [6, 6.07) is 20.3. The first-order valence-corrected chi connectivity index (χ1v) is 13.0. The maximum absolute atomic E-state index is 13.5. The van der Waals surface area contributed by atoms with Crippen molar-refractivity contribution >= 4 is 15.9 Å². The first-order chi connectivity index (χ1) is 17.3. The Kier molecular flexibility index (Phi) is 9.32. The van der Waals surface area contributed by atoms with E-state index in [1.54, 1.807) is 31.4 Å². The van der Waals surface area contributed by atoms with Crippen LogP contribution in [0.1, 0.15) is 31.0 Å². The highest BCUT2D eigenvalue weighted by molar-refractivity contribution is 7.89. The van der Waals surface area contributed by atoms with Gasteiger partial charge in [-0.2, -0.15) is 4.31 Å². The third-order valence-electron chi connectivity index (χ3n) is 5.58. The number of ether oxygens (including phenoxy) is 3. The van der Waals surface area contributed by atoms with E-state index in [1.807, 2.05) is 50.2 Å². The molecular formula is C27H32N2O6S. The fraction of sp³-hybridized carbons (Fsp3) is 0.296. The Balaban J connectivity index is 1.81. The fourth-order valence-corrected chi connectivity index (χ4v) is 5.07. The number of rotatable bonds is 12. The van der Waals surface area contributed by atoms with E-state index in [9.17, 15) is 13.2 Å². The third-order valence-corrected chi connectivity index (χ3v) is 7.39. The number of nitrogens with zero attached hydrogens (tertiary/aromatic N) is 1.